The second kappa shape index (κ2) is 4.96. The molecule has 2 heterocycles. The van der Waals surface area contributed by atoms with E-state index < -0.39 is 0 Å². The van der Waals surface area contributed by atoms with Crippen molar-refractivity contribution in [3.05, 3.63) is 23.4 Å². The highest BCUT2D eigenvalue weighted by molar-refractivity contribution is 5.95. The van der Waals surface area contributed by atoms with E-state index in [0.29, 0.717) is 23.3 Å². The summed E-state index contributed by atoms with van der Waals surface area (Å²) < 4.78 is 0. The average Bonchev–Trinajstić information content (AvgIpc) is 2.30. The van der Waals surface area contributed by atoms with Crippen LogP contribution in [0.4, 0.5) is 5.82 Å². The topological polar surface area (TPSA) is 59.2 Å². The highest BCUT2D eigenvalue weighted by Gasteiger charge is 2.27. The zero-order chi connectivity index (χ0) is 13.3. The molecule has 1 aromatic rings. The number of nitrogens with zero attached hydrogens (tertiary/aromatic N) is 2. The zero-order valence-corrected chi connectivity index (χ0v) is 11.3. The van der Waals surface area contributed by atoms with Gasteiger partial charge in [-0.3, -0.25) is 4.79 Å². The van der Waals surface area contributed by atoms with Crippen molar-refractivity contribution in [1.29, 1.82) is 0 Å². The van der Waals surface area contributed by atoms with E-state index in [0.717, 1.165) is 18.7 Å². The van der Waals surface area contributed by atoms with Crippen LogP contribution in [-0.2, 0) is 0 Å². The van der Waals surface area contributed by atoms with E-state index in [1.807, 2.05) is 17.9 Å². The number of aryl methyl sites for hydroxylation is 1. The van der Waals surface area contributed by atoms with Crippen molar-refractivity contribution in [2.75, 3.05) is 12.3 Å². The molecule has 2 N–H and O–H groups in total. The van der Waals surface area contributed by atoms with Crippen molar-refractivity contribution in [3.63, 3.8) is 0 Å². The van der Waals surface area contributed by atoms with Crippen molar-refractivity contribution in [3.8, 4) is 0 Å². The zero-order valence-electron chi connectivity index (χ0n) is 11.3. The van der Waals surface area contributed by atoms with Crippen molar-refractivity contribution >= 4 is 11.7 Å². The Bertz CT molecular complexity index is 438. The number of carbonyl (C=O) groups is 1. The van der Waals surface area contributed by atoms with Gasteiger partial charge in [-0.15, -0.1) is 0 Å². The maximum Gasteiger partial charge on any atom is 0.254 e. The lowest BCUT2D eigenvalue weighted by molar-refractivity contribution is 0.0574. The number of hydrogen-bond donors (Lipinski definition) is 1. The number of aromatic nitrogens is 1. The maximum atomic E-state index is 12.5. The molecule has 2 unspecified atom stereocenters. The minimum Gasteiger partial charge on any atom is -0.384 e. The van der Waals surface area contributed by atoms with Gasteiger partial charge in [0.2, 0.25) is 0 Å². The Labute approximate surface area is 108 Å². The molecule has 0 bridgehead atoms. The molecule has 0 radical (unpaired) electrons. The summed E-state index contributed by atoms with van der Waals surface area (Å²) in [4.78, 5) is 18.6. The van der Waals surface area contributed by atoms with Gasteiger partial charge in [0.15, 0.2) is 0 Å². The molecule has 4 nitrogen and oxygen atoms in total. The molecule has 0 aliphatic carbocycles. The number of nitrogens with two attached hydrogens (primary N) is 1. The quantitative estimate of drug-likeness (QED) is 0.828. The molecule has 4 heteroatoms. The van der Waals surface area contributed by atoms with Gasteiger partial charge >= 0.3 is 0 Å². The van der Waals surface area contributed by atoms with Gasteiger partial charge in [0.1, 0.15) is 5.82 Å². The molecule has 0 aromatic carbocycles. The molecule has 1 aliphatic heterocycles. The largest absolute Gasteiger partial charge is 0.384 e. The number of hydrogen-bond acceptors (Lipinski definition) is 3. The Morgan fingerprint density at radius 2 is 2.11 bits per heavy atom. The van der Waals surface area contributed by atoms with Crippen molar-refractivity contribution in [2.45, 2.75) is 39.7 Å². The summed E-state index contributed by atoms with van der Waals surface area (Å²) in [5, 5.41) is 0. The maximum absolute atomic E-state index is 12.5. The molecule has 1 aromatic heterocycles. The van der Waals surface area contributed by atoms with Gasteiger partial charge in [0, 0.05) is 23.8 Å². The second-order valence-corrected chi connectivity index (χ2v) is 5.41. The predicted octanol–water partition coefficient (Wildman–Crippen LogP) is 2.23. The number of likely N-dealkylation sites (tertiary alicyclic amines) is 1. The third-order valence-electron chi connectivity index (χ3n) is 3.60. The van der Waals surface area contributed by atoms with E-state index in [9.17, 15) is 4.79 Å². The Kier molecular flexibility index (Phi) is 3.55. The van der Waals surface area contributed by atoms with Crippen LogP contribution in [-0.4, -0.2) is 28.4 Å². The molecular weight excluding hydrogens is 226 g/mol. The van der Waals surface area contributed by atoms with Crippen LogP contribution in [0.25, 0.3) is 0 Å². The summed E-state index contributed by atoms with van der Waals surface area (Å²) >= 11 is 0. The van der Waals surface area contributed by atoms with E-state index in [2.05, 4.69) is 18.8 Å². The molecular formula is C14H21N3O. The highest BCUT2D eigenvalue weighted by atomic mass is 16.2. The number of amides is 1. The number of carbonyl (C=O) groups excluding carboxylic acids is 1. The third-order valence-corrected chi connectivity index (χ3v) is 3.60. The van der Waals surface area contributed by atoms with Gasteiger partial charge in [0.05, 0.1) is 0 Å². The molecule has 1 fully saturated rings. The monoisotopic (exact) mass is 247 g/mol. The lowest BCUT2D eigenvalue weighted by atomic mass is 9.94. The van der Waals surface area contributed by atoms with Gasteiger partial charge < -0.3 is 10.6 Å². The van der Waals surface area contributed by atoms with Crippen molar-refractivity contribution in [2.24, 2.45) is 5.92 Å². The number of rotatable bonds is 1. The number of piperidine rings is 1. The van der Waals surface area contributed by atoms with Gasteiger partial charge in [-0.05, 0) is 44.7 Å². The molecule has 2 atom stereocenters. The minimum absolute atomic E-state index is 0.0752. The van der Waals surface area contributed by atoms with Gasteiger partial charge in [-0.25, -0.2) is 4.98 Å². The van der Waals surface area contributed by atoms with Crippen LogP contribution in [0.2, 0.25) is 0 Å². The molecule has 1 saturated heterocycles. The molecule has 1 amide bonds. The molecule has 1 aliphatic rings. The minimum atomic E-state index is 0.0752. The smallest absolute Gasteiger partial charge is 0.254 e. The summed E-state index contributed by atoms with van der Waals surface area (Å²) in [6, 6.07) is 3.79. The van der Waals surface area contributed by atoms with Crippen LogP contribution in [0.1, 0.15) is 42.7 Å². The van der Waals surface area contributed by atoms with Crippen LogP contribution in [0.5, 0.6) is 0 Å². The molecule has 18 heavy (non-hydrogen) atoms. The summed E-state index contributed by atoms with van der Waals surface area (Å²) in [6.07, 6.45) is 2.27. The first-order valence-electron chi connectivity index (χ1n) is 6.52. The lowest BCUT2D eigenvalue weighted by Crippen LogP contribution is -2.45. The van der Waals surface area contributed by atoms with Gasteiger partial charge in [0.25, 0.3) is 5.91 Å². The summed E-state index contributed by atoms with van der Waals surface area (Å²) in [7, 11) is 0. The Hall–Kier alpha value is -1.58. The standard InChI is InChI=1S/C14H21N3O/c1-9-4-5-11(3)17(8-9)14(18)12-6-10(2)16-13(15)7-12/h6-7,9,11H,4-5,8H2,1-3H3,(H2,15,16). The summed E-state index contributed by atoms with van der Waals surface area (Å²) in [6.45, 7) is 7.00. The first kappa shape index (κ1) is 12.9. The molecule has 98 valence electrons. The van der Waals surface area contributed by atoms with Crippen molar-refractivity contribution in [1.82, 2.24) is 9.88 Å². The van der Waals surface area contributed by atoms with Crippen molar-refractivity contribution < 1.29 is 4.79 Å². The molecule has 2 rings (SSSR count). The van der Waals surface area contributed by atoms with Gasteiger partial charge in [-0.2, -0.15) is 0 Å². The molecule has 0 saturated carbocycles. The fraction of sp³-hybridized carbons (Fsp3) is 0.571. The van der Waals surface area contributed by atoms with E-state index >= 15 is 0 Å². The Morgan fingerprint density at radius 1 is 1.39 bits per heavy atom. The summed E-state index contributed by atoms with van der Waals surface area (Å²) in [5.74, 6) is 1.06. The molecule has 0 spiro atoms. The fourth-order valence-electron chi connectivity index (χ4n) is 2.56. The van der Waals surface area contributed by atoms with Crippen LogP contribution >= 0.6 is 0 Å². The SMILES string of the molecule is Cc1cc(C(=O)N2CC(C)CCC2C)cc(N)n1. The Balaban J connectivity index is 2.24. The van der Waals surface area contributed by atoms with E-state index in [1.54, 1.807) is 6.07 Å². The second-order valence-electron chi connectivity index (χ2n) is 5.41. The lowest BCUT2D eigenvalue weighted by Gasteiger charge is -2.37. The van der Waals surface area contributed by atoms with E-state index in [4.69, 9.17) is 5.73 Å². The predicted molar refractivity (Wildman–Crippen MR) is 72.3 cm³/mol. The Morgan fingerprint density at radius 3 is 2.78 bits per heavy atom. The number of nitrogen functional groups attached to an aromatic ring is 1. The third kappa shape index (κ3) is 2.63. The number of pyridine rings is 1. The average molecular weight is 247 g/mol. The fourth-order valence-corrected chi connectivity index (χ4v) is 2.56. The van der Waals surface area contributed by atoms with Crippen LogP contribution in [0.3, 0.4) is 0 Å². The summed E-state index contributed by atoms with van der Waals surface area (Å²) in [5.41, 5.74) is 7.15. The highest BCUT2D eigenvalue weighted by Crippen LogP contribution is 2.23. The van der Waals surface area contributed by atoms with Crippen LogP contribution < -0.4 is 5.73 Å². The first-order valence-corrected chi connectivity index (χ1v) is 6.52. The normalized spacial score (nSPS) is 24.1. The van der Waals surface area contributed by atoms with Gasteiger partial charge in [-0.1, -0.05) is 6.92 Å². The first-order chi connectivity index (χ1) is 8.47. The van der Waals surface area contributed by atoms with E-state index in [1.165, 1.54) is 6.42 Å². The number of anilines is 1. The van der Waals surface area contributed by atoms with Crippen LogP contribution in [0, 0.1) is 12.8 Å². The van der Waals surface area contributed by atoms with Crippen LogP contribution in [0.15, 0.2) is 12.1 Å². The van der Waals surface area contributed by atoms with E-state index in [-0.39, 0.29) is 5.91 Å².